The fraction of sp³-hybridized carbons (Fsp3) is 0.600. The predicted molar refractivity (Wildman–Crippen MR) is 81.1 cm³/mol. The average molecular weight is 296 g/mol. The maximum atomic E-state index is 12.4. The highest BCUT2D eigenvalue weighted by Crippen LogP contribution is 2.23. The van der Waals surface area contributed by atoms with E-state index in [1.54, 1.807) is 6.07 Å². The maximum absolute atomic E-state index is 12.4. The zero-order valence-electron chi connectivity index (χ0n) is 12.3. The van der Waals surface area contributed by atoms with Gasteiger partial charge in [-0.15, -0.1) is 0 Å². The zero-order valence-corrected chi connectivity index (χ0v) is 13.1. The second-order valence-electron chi connectivity index (χ2n) is 5.53. The fourth-order valence-corrected chi connectivity index (χ4v) is 3.86. The van der Waals surface area contributed by atoms with Gasteiger partial charge in [-0.25, -0.2) is 13.1 Å². The van der Waals surface area contributed by atoms with Crippen molar-refractivity contribution in [1.82, 2.24) is 10.0 Å². The first-order valence-electron chi connectivity index (χ1n) is 7.35. The number of aryl methyl sites for hydroxylation is 1. The summed E-state index contributed by atoms with van der Waals surface area (Å²) >= 11 is 0. The molecule has 1 aliphatic rings. The van der Waals surface area contributed by atoms with Crippen LogP contribution >= 0.6 is 0 Å². The number of nitrogens with one attached hydrogen (secondary N) is 2. The van der Waals surface area contributed by atoms with Crippen LogP contribution in [0.15, 0.2) is 23.1 Å². The minimum absolute atomic E-state index is 0.126. The van der Waals surface area contributed by atoms with Crippen molar-refractivity contribution in [3.05, 3.63) is 29.3 Å². The van der Waals surface area contributed by atoms with Crippen molar-refractivity contribution < 1.29 is 8.42 Å². The van der Waals surface area contributed by atoms with E-state index in [4.69, 9.17) is 0 Å². The molecule has 1 aliphatic carbocycles. The third kappa shape index (κ3) is 3.81. The summed E-state index contributed by atoms with van der Waals surface area (Å²) in [6, 6.07) is 5.79. The van der Waals surface area contributed by atoms with Crippen molar-refractivity contribution in [2.75, 3.05) is 6.54 Å². The Kier molecular flexibility index (Phi) is 5.18. The van der Waals surface area contributed by atoms with Gasteiger partial charge in [-0.05, 0) is 49.9 Å². The number of hydrogen-bond donors (Lipinski definition) is 2. The summed E-state index contributed by atoms with van der Waals surface area (Å²) in [4.78, 5) is 0.417. The van der Waals surface area contributed by atoms with Crippen LogP contribution in [-0.2, 0) is 16.6 Å². The molecule has 2 rings (SSSR count). The summed E-state index contributed by atoms with van der Waals surface area (Å²) in [5, 5.41) is 3.30. The van der Waals surface area contributed by atoms with Crippen LogP contribution in [0.2, 0.25) is 0 Å². The summed E-state index contributed by atoms with van der Waals surface area (Å²) in [6.07, 6.45) is 4.10. The van der Waals surface area contributed by atoms with Crippen LogP contribution in [0, 0.1) is 6.92 Å². The smallest absolute Gasteiger partial charge is 0.241 e. The molecule has 0 aliphatic heterocycles. The lowest BCUT2D eigenvalue weighted by molar-refractivity contribution is 0.383. The van der Waals surface area contributed by atoms with E-state index in [1.807, 2.05) is 19.1 Å². The average Bonchev–Trinajstić information content (AvgIpc) is 2.36. The molecular formula is C15H24N2O2S. The Balaban J connectivity index is 2.14. The first-order valence-corrected chi connectivity index (χ1v) is 8.84. The Morgan fingerprint density at radius 1 is 1.30 bits per heavy atom. The molecule has 0 amide bonds. The molecule has 0 atom stereocenters. The lowest BCUT2D eigenvalue weighted by atomic mass is 9.94. The second-order valence-corrected chi connectivity index (χ2v) is 7.21. The Morgan fingerprint density at radius 2 is 2.05 bits per heavy atom. The lowest BCUT2D eigenvalue weighted by Crippen LogP contribution is -2.39. The molecule has 1 aromatic carbocycles. The molecule has 1 saturated carbocycles. The van der Waals surface area contributed by atoms with Gasteiger partial charge in [-0.1, -0.05) is 25.5 Å². The molecule has 112 valence electrons. The molecule has 2 N–H and O–H groups in total. The Labute approximate surface area is 122 Å². The first-order chi connectivity index (χ1) is 9.53. The monoisotopic (exact) mass is 296 g/mol. The van der Waals surface area contributed by atoms with Crippen LogP contribution in [0.3, 0.4) is 0 Å². The Morgan fingerprint density at radius 3 is 2.65 bits per heavy atom. The van der Waals surface area contributed by atoms with Gasteiger partial charge in [-0.2, -0.15) is 0 Å². The molecule has 0 radical (unpaired) electrons. The van der Waals surface area contributed by atoms with Gasteiger partial charge in [0.1, 0.15) is 0 Å². The van der Waals surface area contributed by atoms with E-state index < -0.39 is 10.0 Å². The van der Waals surface area contributed by atoms with Crippen molar-refractivity contribution in [1.29, 1.82) is 0 Å². The van der Waals surface area contributed by atoms with Crippen LogP contribution in [-0.4, -0.2) is 21.0 Å². The van der Waals surface area contributed by atoms with E-state index in [0.29, 0.717) is 11.4 Å². The molecule has 0 saturated heterocycles. The topological polar surface area (TPSA) is 58.2 Å². The van der Waals surface area contributed by atoms with E-state index in [0.717, 1.165) is 43.4 Å². The molecule has 0 unspecified atom stereocenters. The second kappa shape index (κ2) is 6.70. The van der Waals surface area contributed by atoms with E-state index in [-0.39, 0.29) is 6.04 Å². The van der Waals surface area contributed by atoms with Crippen LogP contribution < -0.4 is 10.0 Å². The lowest BCUT2D eigenvalue weighted by Gasteiger charge is -2.26. The summed E-state index contributed by atoms with van der Waals surface area (Å²) in [5.74, 6) is 0. The molecular weight excluding hydrogens is 272 g/mol. The molecule has 0 heterocycles. The molecule has 0 spiro atoms. The van der Waals surface area contributed by atoms with Gasteiger partial charge >= 0.3 is 0 Å². The normalized spacial score (nSPS) is 16.1. The highest BCUT2D eigenvalue weighted by atomic mass is 32.2. The zero-order chi connectivity index (χ0) is 14.6. The minimum atomic E-state index is -3.38. The fourth-order valence-electron chi connectivity index (χ4n) is 2.26. The largest absolute Gasteiger partial charge is 0.313 e. The first kappa shape index (κ1) is 15.5. The van der Waals surface area contributed by atoms with Crippen molar-refractivity contribution in [3.8, 4) is 0 Å². The molecule has 4 nitrogen and oxygen atoms in total. The van der Waals surface area contributed by atoms with E-state index in [2.05, 4.69) is 17.0 Å². The van der Waals surface area contributed by atoms with Gasteiger partial charge in [0.2, 0.25) is 10.0 Å². The van der Waals surface area contributed by atoms with Crippen molar-refractivity contribution in [2.45, 2.75) is 57.0 Å². The molecule has 5 heteroatoms. The summed E-state index contributed by atoms with van der Waals surface area (Å²) in [6.45, 7) is 5.61. The highest BCUT2D eigenvalue weighted by molar-refractivity contribution is 7.89. The van der Waals surface area contributed by atoms with E-state index in [9.17, 15) is 8.42 Å². The standard InChI is InChI=1S/C15H24N2O2S/c1-3-9-16-11-13-8-7-12(2)15(10-13)20(18,19)17-14-5-4-6-14/h7-8,10,14,16-17H,3-6,9,11H2,1-2H3. The van der Waals surface area contributed by atoms with Crippen LogP contribution in [0.1, 0.15) is 43.7 Å². The molecule has 20 heavy (non-hydrogen) atoms. The Hall–Kier alpha value is -0.910. The van der Waals surface area contributed by atoms with Gasteiger partial charge in [0, 0.05) is 12.6 Å². The Bertz CT molecular complexity index is 551. The third-order valence-electron chi connectivity index (χ3n) is 3.72. The van der Waals surface area contributed by atoms with E-state index >= 15 is 0 Å². The summed E-state index contributed by atoms with van der Waals surface area (Å²) in [7, 11) is -3.38. The van der Waals surface area contributed by atoms with Gasteiger partial charge in [0.15, 0.2) is 0 Å². The SMILES string of the molecule is CCCNCc1ccc(C)c(S(=O)(=O)NC2CCC2)c1. The predicted octanol–water partition coefficient (Wildman–Crippen LogP) is 2.33. The van der Waals surface area contributed by atoms with Crippen LogP contribution in [0.5, 0.6) is 0 Å². The molecule has 0 aromatic heterocycles. The van der Waals surface area contributed by atoms with Gasteiger partial charge in [0.05, 0.1) is 4.90 Å². The van der Waals surface area contributed by atoms with Gasteiger partial charge < -0.3 is 5.32 Å². The third-order valence-corrected chi connectivity index (χ3v) is 5.39. The summed E-state index contributed by atoms with van der Waals surface area (Å²) in [5.41, 5.74) is 1.81. The molecule has 1 fully saturated rings. The van der Waals surface area contributed by atoms with Gasteiger partial charge in [0.25, 0.3) is 0 Å². The number of hydrogen-bond acceptors (Lipinski definition) is 3. The van der Waals surface area contributed by atoms with Gasteiger partial charge in [-0.3, -0.25) is 0 Å². The van der Waals surface area contributed by atoms with Crippen molar-refractivity contribution in [2.24, 2.45) is 0 Å². The number of benzene rings is 1. The number of rotatable bonds is 7. The maximum Gasteiger partial charge on any atom is 0.241 e. The van der Waals surface area contributed by atoms with Crippen molar-refractivity contribution >= 4 is 10.0 Å². The molecule has 1 aromatic rings. The number of sulfonamides is 1. The highest BCUT2D eigenvalue weighted by Gasteiger charge is 2.25. The van der Waals surface area contributed by atoms with E-state index in [1.165, 1.54) is 0 Å². The quantitative estimate of drug-likeness (QED) is 0.759. The minimum Gasteiger partial charge on any atom is -0.313 e. The summed E-state index contributed by atoms with van der Waals surface area (Å²) < 4.78 is 27.6. The molecule has 0 bridgehead atoms. The van der Waals surface area contributed by atoms with Crippen LogP contribution in [0.25, 0.3) is 0 Å². The van der Waals surface area contributed by atoms with Crippen LogP contribution in [0.4, 0.5) is 0 Å². The van der Waals surface area contributed by atoms with Crippen molar-refractivity contribution in [3.63, 3.8) is 0 Å².